The highest BCUT2D eigenvalue weighted by Crippen LogP contribution is 2.29. The van der Waals surface area contributed by atoms with Gasteiger partial charge in [0.25, 0.3) is 5.91 Å². The fraction of sp³-hybridized carbons (Fsp3) is 0.286. The molecule has 0 unspecified atom stereocenters. The van der Waals surface area contributed by atoms with Crippen LogP contribution >= 0.6 is 0 Å². The Balaban J connectivity index is 1.49. The number of aromatic nitrogens is 1. The number of fused-ring (bicyclic) bond motifs is 1. The van der Waals surface area contributed by atoms with Gasteiger partial charge in [-0.3, -0.25) is 4.79 Å². The van der Waals surface area contributed by atoms with Crippen LogP contribution in [-0.4, -0.2) is 17.5 Å². The third-order valence-corrected chi connectivity index (χ3v) is 5.66. The molecule has 1 heterocycles. The molecule has 1 aromatic heterocycles. The Morgan fingerprint density at radius 1 is 1.03 bits per heavy atom. The number of anilines is 1. The van der Waals surface area contributed by atoms with E-state index in [1.54, 1.807) is 12.1 Å². The first-order valence-electron chi connectivity index (χ1n) is 11.5. The summed E-state index contributed by atoms with van der Waals surface area (Å²) in [5.74, 6) is 2.04. The smallest absolute Gasteiger partial charge is 0.255 e. The van der Waals surface area contributed by atoms with E-state index in [1.165, 1.54) is 5.56 Å². The number of carbonyl (C=O) groups is 1. The average molecular weight is 443 g/mol. The van der Waals surface area contributed by atoms with Crippen molar-refractivity contribution < 1.29 is 13.9 Å². The second-order valence-electron chi connectivity index (χ2n) is 8.82. The molecule has 0 saturated heterocycles. The number of nitrogens with one attached hydrogen (secondary N) is 1. The van der Waals surface area contributed by atoms with Crippen molar-refractivity contribution in [1.29, 1.82) is 0 Å². The second kappa shape index (κ2) is 9.90. The Morgan fingerprint density at radius 3 is 2.55 bits per heavy atom. The van der Waals surface area contributed by atoms with Gasteiger partial charge in [0, 0.05) is 16.8 Å². The third-order valence-electron chi connectivity index (χ3n) is 5.66. The number of benzene rings is 3. The molecule has 3 aromatic carbocycles. The SMILES string of the molecule is CC[C@H](C)c1ccc2oc(-c3cccc(NC(=O)c4ccc(OCC(C)C)cc4)c3)nc2c1. The highest BCUT2D eigenvalue weighted by molar-refractivity contribution is 6.04. The molecule has 4 rings (SSSR count). The van der Waals surface area contributed by atoms with Crippen molar-refractivity contribution >= 4 is 22.7 Å². The van der Waals surface area contributed by atoms with Gasteiger partial charge in [-0.25, -0.2) is 4.98 Å². The number of nitrogens with zero attached hydrogens (tertiary/aromatic N) is 1. The van der Waals surface area contributed by atoms with Gasteiger partial charge in [-0.1, -0.05) is 39.8 Å². The van der Waals surface area contributed by atoms with Gasteiger partial charge in [-0.2, -0.15) is 0 Å². The predicted octanol–water partition coefficient (Wildman–Crippen LogP) is 7.30. The first kappa shape index (κ1) is 22.6. The molecule has 5 heteroatoms. The molecule has 0 aliphatic heterocycles. The van der Waals surface area contributed by atoms with Gasteiger partial charge in [-0.05, 0) is 78.4 Å². The van der Waals surface area contributed by atoms with Gasteiger partial charge >= 0.3 is 0 Å². The van der Waals surface area contributed by atoms with Gasteiger partial charge in [0.05, 0.1) is 6.61 Å². The molecule has 0 aliphatic rings. The highest BCUT2D eigenvalue weighted by atomic mass is 16.5. The van der Waals surface area contributed by atoms with Crippen LogP contribution in [0.2, 0.25) is 0 Å². The zero-order valence-electron chi connectivity index (χ0n) is 19.6. The Kier molecular flexibility index (Phi) is 6.78. The molecule has 5 nitrogen and oxygen atoms in total. The molecule has 170 valence electrons. The molecule has 1 atom stereocenters. The van der Waals surface area contributed by atoms with Gasteiger partial charge in [0.2, 0.25) is 5.89 Å². The summed E-state index contributed by atoms with van der Waals surface area (Å²) in [5.41, 5.74) is 4.92. The summed E-state index contributed by atoms with van der Waals surface area (Å²) in [6.07, 6.45) is 1.08. The van der Waals surface area contributed by atoms with Crippen molar-refractivity contribution in [3.8, 4) is 17.2 Å². The first-order valence-corrected chi connectivity index (χ1v) is 11.5. The summed E-state index contributed by atoms with van der Waals surface area (Å²) < 4.78 is 11.7. The molecular weight excluding hydrogens is 412 g/mol. The largest absolute Gasteiger partial charge is 0.493 e. The van der Waals surface area contributed by atoms with E-state index in [0.29, 0.717) is 35.6 Å². The molecule has 0 aliphatic carbocycles. The zero-order chi connectivity index (χ0) is 23.4. The van der Waals surface area contributed by atoms with E-state index in [-0.39, 0.29) is 5.91 Å². The Labute approximate surface area is 194 Å². The molecule has 0 fully saturated rings. The number of hydrogen-bond acceptors (Lipinski definition) is 4. The lowest BCUT2D eigenvalue weighted by Crippen LogP contribution is -2.12. The number of rotatable bonds is 8. The standard InChI is InChI=1S/C28H30N2O3/c1-5-19(4)21-11-14-26-25(16-21)30-28(33-26)22-7-6-8-23(15-22)29-27(31)20-9-12-24(13-10-20)32-17-18(2)3/h6-16,18-19H,5,17H2,1-4H3,(H,29,31)/t19-/m0/s1. The Hall–Kier alpha value is -3.60. The van der Waals surface area contributed by atoms with E-state index in [1.807, 2.05) is 42.5 Å². The summed E-state index contributed by atoms with van der Waals surface area (Å²) in [6, 6.07) is 20.9. The summed E-state index contributed by atoms with van der Waals surface area (Å²) in [4.78, 5) is 17.4. The average Bonchev–Trinajstić information content (AvgIpc) is 3.26. The Morgan fingerprint density at radius 2 is 1.82 bits per heavy atom. The molecular formula is C28H30N2O3. The van der Waals surface area contributed by atoms with Crippen LogP contribution in [0.1, 0.15) is 56.0 Å². The van der Waals surface area contributed by atoms with Crippen LogP contribution in [0.4, 0.5) is 5.69 Å². The quantitative estimate of drug-likeness (QED) is 0.311. The van der Waals surface area contributed by atoms with Gasteiger partial charge in [0.15, 0.2) is 5.58 Å². The van der Waals surface area contributed by atoms with E-state index in [4.69, 9.17) is 9.15 Å². The highest BCUT2D eigenvalue weighted by Gasteiger charge is 2.13. The van der Waals surface area contributed by atoms with Gasteiger partial charge in [0.1, 0.15) is 11.3 Å². The molecule has 0 radical (unpaired) electrons. The van der Waals surface area contributed by atoms with Gasteiger partial charge < -0.3 is 14.5 Å². The lowest BCUT2D eigenvalue weighted by Gasteiger charge is -2.10. The summed E-state index contributed by atoms with van der Waals surface area (Å²) in [5, 5.41) is 2.95. The molecule has 4 aromatic rings. The van der Waals surface area contributed by atoms with E-state index in [2.05, 4.69) is 50.1 Å². The van der Waals surface area contributed by atoms with Crippen molar-refractivity contribution in [2.24, 2.45) is 5.92 Å². The van der Waals surface area contributed by atoms with Crippen LogP contribution in [0.15, 0.2) is 71.1 Å². The monoisotopic (exact) mass is 442 g/mol. The van der Waals surface area contributed by atoms with Crippen LogP contribution < -0.4 is 10.1 Å². The maximum absolute atomic E-state index is 12.7. The molecule has 1 amide bonds. The number of ether oxygens (including phenoxy) is 1. The fourth-order valence-corrected chi connectivity index (χ4v) is 3.51. The van der Waals surface area contributed by atoms with Crippen molar-refractivity contribution in [3.63, 3.8) is 0 Å². The molecule has 0 bridgehead atoms. The van der Waals surface area contributed by atoms with Crippen LogP contribution in [0, 0.1) is 5.92 Å². The van der Waals surface area contributed by atoms with Gasteiger partial charge in [-0.15, -0.1) is 0 Å². The minimum Gasteiger partial charge on any atom is -0.493 e. The number of carbonyl (C=O) groups excluding carboxylic acids is 1. The van der Waals surface area contributed by atoms with E-state index in [9.17, 15) is 4.79 Å². The van der Waals surface area contributed by atoms with Crippen molar-refractivity contribution in [2.45, 2.75) is 40.0 Å². The maximum Gasteiger partial charge on any atom is 0.255 e. The number of oxazole rings is 1. The molecule has 0 saturated carbocycles. The second-order valence-corrected chi connectivity index (χ2v) is 8.82. The third kappa shape index (κ3) is 5.43. The normalized spacial score (nSPS) is 12.2. The van der Waals surface area contributed by atoms with Crippen molar-refractivity contribution in [2.75, 3.05) is 11.9 Å². The number of hydrogen-bond donors (Lipinski definition) is 1. The lowest BCUT2D eigenvalue weighted by molar-refractivity contribution is 0.102. The Bertz CT molecular complexity index is 1240. The van der Waals surface area contributed by atoms with Crippen LogP contribution in [-0.2, 0) is 0 Å². The zero-order valence-corrected chi connectivity index (χ0v) is 19.6. The maximum atomic E-state index is 12.7. The number of amides is 1. The minimum absolute atomic E-state index is 0.182. The topological polar surface area (TPSA) is 64.4 Å². The minimum atomic E-state index is -0.182. The van der Waals surface area contributed by atoms with Crippen LogP contribution in [0.5, 0.6) is 5.75 Å². The van der Waals surface area contributed by atoms with E-state index >= 15 is 0 Å². The summed E-state index contributed by atoms with van der Waals surface area (Å²) in [6.45, 7) is 9.23. The molecule has 1 N–H and O–H groups in total. The summed E-state index contributed by atoms with van der Waals surface area (Å²) in [7, 11) is 0. The van der Waals surface area contributed by atoms with Crippen LogP contribution in [0.3, 0.4) is 0 Å². The predicted molar refractivity (Wildman–Crippen MR) is 133 cm³/mol. The van der Waals surface area contributed by atoms with Crippen molar-refractivity contribution in [3.05, 3.63) is 77.9 Å². The van der Waals surface area contributed by atoms with Crippen molar-refractivity contribution in [1.82, 2.24) is 4.98 Å². The first-order chi connectivity index (χ1) is 15.9. The van der Waals surface area contributed by atoms with Crippen LogP contribution in [0.25, 0.3) is 22.6 Å². The lowest BCUT2D eigenvalue weighted by atomic mass is 9.98. The molecule has 0 spiro atoms. The molecule has 33 heavy (non-hydrogen) atoms. The van der Waals surface area contributed by atoms with E-state index < -0.39 is 0 Å². The van der Waals surface area contributed by atoms with E-state index in [0.717, 1.165) is 28.8 Å². The summed E-state index contributed by atoms with van der Waals surface area (Å²) >= 11 is 0. The fourth-order valence-electron chi connectivity index (χ4n) is 3.51.